The van der Waals surface area contributed by atoms with Crippen LogP contribution in [0.3, 0.4) is 0 Å². The number of hydrogen-bond donors (Lipinski definition) is 0. The Labute approximate surface area is 93.7 Å². The first kappa shape index (κ1) is 11.4. The van der Waals surface area contributed by atoms with Crippen molar-refractivity contribution in [2.45, 2.75) is 26.7 Å². The molecule has 0 aliphatic heterocycles. The molecule has 0 unspecified atom stereocenters. The van der Waals surface area contributed by atoms with E-state index in [9.17, 15) is 0 Å². The zero-order valence-electron chi connectivity index (χ0n) is 8.92. The van der Waals surface area contributed by atoms with Crippen molar-refractivity contribution in [3.63, 3.8) is 0 Å². The summed E-state index contributed by atoms with van der Waals surface area (Å²) in [6, 6.07) is 1.95. The topological polar surface area (TPSA) is 29.0 Å². The summed E-state index contributed by atoms with van der Waals surface area (Å²) in [6.07, 6.45) is 1.99. The second-order valence-electron chi connectivity index (χ2n) is 3.24. The Morgan fingerprint density at radius 3 is 2.64 bits per heavy atom. The molecular weight excluding hydrogens is 242 g/mol. The smallest absolute Gasteiger partial charge is 0.133 e. The lowest BCUT2D eigenvalue weighted by Gasteiger charge is -2.17. The van der Waals surface area contributed by atoms with E-state index in [1.54, 1.807) is 0 Å². The minimum absolute atomic E-state index is 0.863. The zero-order chi connectivity index (χ0) is 10.6. The lowest BCUT2D eigenvalue weighted by Crippen LogP contribution is -2.19. The van der Waals surface area contributed by atoms with Crippen molar-refractivity contribution in [1.29, 1.82) is 0 Å². The molecule has 0 bridgehead atoms. The minimum atomic E-state index is 0.863. The Kier molecular flexibility index (Phi) is 4.32. The van der Waals surface area contributed by atoms with Crippen LogP contribution in [0.2, 0.25) is 0 Å². The van der Waals surface area contributed by atoms with Crippen molar-refractivity contribution in [1.82, 2.24) is 9.97 Å². The summed E-state index contributed by atoms with van der Waals surface area (Å²) in [4.78, 5) is 10.9. The third kappa shape index (κ3) is 2.94. The summed E-state index contributed by atoms with van der Waals surface area (Å²) in [5.41, 5.74) is 0. The van der Waals surface area contributed by atoms with Crippen molar-refractivity contribution < 1.29 is 0 Å². The van der Waals surface area contributed by atoms with Crippen molar-refractivity contribution >= 4 is 21.7 Å². The van der Waals surface area contributed by atoms with E-state index in [1.807, 2.05) is 6.07 Å². The van der Waals surface area contributed by atoms with Gasteiger partial charge in [0.25, 0.3) is 0 Å². The molecule has 78 valence electrons. The van der Waals surface area contributed by atoms with Gasteiger partial charge in [-0.2, -0.15) is 0 Å². The molecule has 0 radical (unpaired) electrons. The van der Waals surface area contributed by atoms with Gasteiger partial charge in [0.15, 0.2) is 0 Å². The van der Waals surface area contributed by atoms with E-state index >= 15 is 0 Å². The maximum atomic E-state index is 4.46. The molecule has 1 rings (SSSR count). The van der Waals surface area contributed by atoms with Crippen LogP contribution in [0.25, 0.3) is 0 Å². The van der Waals surface area contributed by atoms with E-state index in [0.29, 0.717) is 0 Å². The Hall–Kier alpha value is -0.640. The molecular formula is C10H16BrN3. The van der Waals surface area contributed by atoms with Gasteiger partial charge in [0.1, 0.15) is 16.2 Å². The third-order valence-corrected chi connectivity index (χ3v) is 2.40. The van der Waals surface area contributed by atoms with Crippen LogP contribution in [-0.2, 0) is 6.42 Å². The summed E-state index contributed by atoms with van der Waals surface area (Å²) >= 11 is 3.40. The van der Waals surface area contributed by atoms with Gasteiger partial charge in [-0.15, -0.1) is 0 Å². The number of hydrogen-bond acceptors (Lipinski definition) is 3. The third-order valence-electron chi connectivity index (χ3n) is 1.99. The second kappa shape index (κ2) is 5.29. The van der Waals surface area contributed by atoms with Crippen molar-refractivity contribution in [3.05, 3.63) is 16.5 Å². The van der Waals surface area contributed by atoms with E-state index < -0.39 is 0 Å². The number of aryl methyl sites for hydroxylation is 1. The zero-order valence-corrected chi connectivity index (χ0v) is 10.5. The summed E-state index contributed by atoms with van der Waals surface area (Å²) in [6.45, 7) is 5.24. The molecule has 1 aromatic rings. The van der Waals surface area contributed by atoms with Crippen LogP contribution in [0.5, 0.6) is 0 Å². The van der Waals surface area contributed by atoms with Gasteiger partial charge in [0, 0.05) is 26.1 Å². The maximum Gasteiger partial charge on any atom is 0.133 e. The molecule has 0 saturated carbocycles. The van der Waals surface area contributed by atoms with Crippen LogP contribution in [-0.4, -0.2) is 23.6 Å². The van der Waals surface area contributed by atoms with Crippen LogP contribution in [0, 0.1) is 0 Å². The first-order valence-corrected chi connectivity index (χ1v) is 5.71. The number of anilines is 1. The molecule has 0 fully saturated rings. The van der Waals surface area contributed by atoms with Gasteiger partial charge in [0.05, 0.1) is 0 Å². The quantitative estimate of drug-likeness (QED) is 0.777. The highest BCUT2D eigenvalue weighted by Gasteiger charge is 2.05. The molecule has 14 heavy (non-hydrogen) atoms. The van der Waals surface area contributed by atoms with Crippen molar-refractivity contribution in [3.8, 4) is 0 Å². The van der Waals surface area contributed by atoms with E-state index in [2.05, 4.69) is 51.7 Å². The maximum absolute atomic E-state index is 4.46. The molecule has 3 nitrogen and oxygen atoms in total. The number of aromatic nitrogens is 2. The van der Waals surface area contributed by atoms with Gasteiger partial charge in [-0.05, 0) is 22.4 Å². The Balaban J connectivity index is 2.90. The molecule has 4 heteroatoms. The van der Waals surface area contributed by atoms with Crippen LogP contribution in [0.15, 0.2) is 10.7 Å². The summed E-state index contributed by atoms with van der Waals surface area (Å²) < 4.78 is 0.863. The normalized spacial score (nSPS) is 10.3. The Morgan fingerprint density at radius 1 is 1.36 bits per heavy atom. The van der Waals surface area contributed by atoms with Gasteiger partial charge in [0.2, 0.25) is 0 Å². The van der Waals surface area contributed by atoms with Crippen LogP contribution < -0.4 is 4.90 Å². The van der Waals surface area contributed by atoms with E-state index in [0.717, 1.165) is 35.6 Å². The standard InChI is InChI=1S/C10H16BrN3/c1-4-6-14(3)10-7-8(11)12-9(5-2)13-10/h7H,4-6H2,1-3H3. The van der Waals surface area contributed by atoms with Crippen LogP contribution in [0.4, 0.5) is 5.82 Å². The predicted molar refractivity (Wildman–Crippen MR) is 62.7 cm³/mol. The minimum Gasteiger partial charge on any atom is -0.360 e. The Morgan fingerprint density at radius 2 is 2.07 bits per heavy atom. The average Bonchev–Trinajstić information content (AvgIpc) is 2.17. The molecule has 0 N–H and O–H groups in total. The monoisotopic (exact) mass is 257 g/mol. The van der Waals surface area contributed by atoms with Crippen molar-refractivity contribution in [2.24, 2.45) is 0 Å². The fourth-order valence-electron chi connectivity index (χ4n) is 1.26. The fourth-order valence-corrected chi connectivity index (χ4v) is 1.66. The summed E-state index contributed by atoms with van der Waals surface area (Å²) in [5, 5.41) is 0. The molecule has 1 heterocycles. The van der Waals surface area contributed by atoms with Gasteiger partial charge in [-0.25, -0.2) is 9.97 Å². The molecule has 1 aromatic heterocycles. The SMILES string of the molecule is CCCN(C)c1cc(Br)nc(CC)n1. The van der Waals surface area contributed by atoms with Gasteiger partial charge >= 0.3 is 0 Å². The van der Waals surface area contributed by atoms with Gasteiger partial charge in [-0.1, -0.05) is 13.8 Å². The number of nitrogens with zero attached hydrogens (tertiary/aromatic N) is 3. The van der Waals surface area contributed by atoms with E-state index in [1.165, 1.54) is 0 Å². The number of rotatable bonds is 4. The van der Waals surface area contributed by atoms with Crippen LogP contribution in [0.1, 0.15) is 26.1 Å². The molecule has 0 spiro atoms. The molecule has 0 saturated heterocycles. The predicted octanol–water partition coefficient (Wildman–Crippen LogP) is 2.65. The average molecular weight is 258 g/mol. The fraction of sp³-hybridized carbons (Fsp3) is 0.600. The first-order valence-electron chi connectivity index (χ1n) is 4.92. The lowest BCUT2D eigenvalue weighted by atomic mass is 10.4. The molecule has 0 aliphatic rings. The lowest BCUT2D eigenvalue weighted by molar-refractivity contribution is 0.817. The molecule has 0 atom stereocenters. The highest BCUT2D eigenvalue weighted by molar-refractivity contribution is 9.10. The highest BCUT2D eigenvalue weighted by atomic mass is 79.9. The first-order chi connectivity index (χ1) is 6.67. The largest absolute Gasteiger partial charge is 0.360 e. The molecule has 0 aliphatic carbocycles. The Bertz CT molecular complexity index is 301. The van der Waals surface area contributed by atoms with Gasteiger partial charge < -0.3 is 4.90 Å². The second-order valence-corrected chi connectivity index (χ2v) is 4.05. The molecule has 0 aromatic carbocycles. The van der Waals surface area contributed by atoms with Crippen molar-refractivity contribution in [2.75, 3.05) is 18.5 Å². The van der Waals surface area contributed by atoms with Crippen LogP contribution >= 0.6 is 15.9 Å². The number of halogens is 1. The molecule has 0 amide bonds. The van der Waals surface area contributed by atoms with Gasteiger partial charge in [-0.3, -0.25) is 0 Å². The van der Waals surface area contributed by atoms with E-state index in [-0.39, 0.29) is 0 Å². The summed E-state index contributed by atoms with van der Waals surface area (Å²) in [5.74, 6) is 1.88. The highest BCUT2D eigenvalue weighted by Crippen LogP contribution is 2.15. The summed E-state index contributed by atoms with van der Waals surface area (Å²) in [7, 11) is 2.05. The van der Waals surface area contributed by atoms with E-state index in [4.69, 9.17) is 0 Å².